The first-order valence-electron chi connectivity index (χ1n) is 5.03. The number of aryl methyl sites for hydroxylation is 1. The summed E-state index contributed by atoms with van der Waals surface area (Å²) in [4.78, 5) is 11.6. The van der Waals surface area contributed by atoms with Gasteiger partial charge in [0.2, 0.25) is 0 Å². The van der Waals surface area contributed by atoms with E-state index < -0.39 is 5.97 Å². The molecule has 0 spiro atoms. The molecule has 0 radical (unpaired) electrons. The predicted octanol–water partition coefficient (Wildman–Crippen LogP) is 2.14. The van der Waals surface area contributed by atoms with Gasteiger partial charge in [0.25, 0.3) is 0 Å². The molecule has 0 heterocycles. The molecule has 1 aromatic rings. The molecule has 0 aliphatic carbocycles. The minimum Gasteiger partial charge on any atom is -0.503 e. The van der Waals surface area contributed by atoms with Crippen LogP contribution in [0, 0.1) is 19.3 Å². The Bertz CT molecular complexity index is 493. The standard InChI is InChI=1S/C14H14O3/c1-5-11-8-10(2)6-7-12(11)13(9-16-3)14(15)17-4/h1,6-9H,2-4H3/b13-9+. The zero-order chi connectivity index (χ0) is 12.8. The van der Waals surface area contributed by atoms with Crippen LogP contribution in [0.3, 0.4) is 0 Å². The first-order valence-corrected chi connectivity index (χ1v) is 5.03. The number of carbonyl (C=O) groups excluding carboxylic acids is 1. The van der Waals surface area contributed by atoms with Gasteiger partial charge in [0.1, 0.15) is 5.57 Å². The lowest BCUT2D eigenvalue weighted by Crippen LogP contribution is -2.06. The molecule has 0 atom stereocenters. The van der Waals surface area contributed by atoms with Crippen LogP contribution in [-0.2, 0) is 14.3 Å². The second-order valence-corrected chi connectivity index (χ2v) is 3.45. The van der Waals surface area contributed by atoms with Gasteiger partial charge in [-0.1, -0.05) is 18.1 Å². The van der Waals surface area contributed by atoms with Gasteiger partial charge in [0.05, 0.1) is 20.5 Å². The SMILES string of the molecule is C#Cc1cc(C)ccc1/C(=C\OC)C(=O)OC. The molecule has 0 fully saturated rings. The Morgan fingerprint density at radius 2 is 2.12 bits per heavy atom. The van der Waals surface area contributed by atoms with Gasteiger partial charge in [-0.15, -0.1) is 6.42 Å². The third-order valence-electron chi connectivity index (χ3n) is 2.26. The van der Waals surface area contributed by atoms with E-state index in [-0.39, 0.29) is 0 Å². The van der Waals surface area contributed by atoms with E-state index in [0.717, 1.165) is 5.56 Å². The number of terminal acetylenes is 1. The van der Waals surface area contributed by atoms with Crippen molar-refractivity contribution >= 4 is 11.5 Å². The van der Waals surface area contributed by atoms with Gasteiger partial charge in [-0.05, 0) is 18.6 Å². The van der Waals surface area contributed by atoms with E-state index in [0.29, 0.717) is 16.7 Å². The first-order chi connectivity index (χ1) is 8.13. The Hall–Kier alpha value is -2.21. The Labute approximate surface area is 101 Å². The van der Waals surface area contributed by atoms with Crippen LogP contribution in [0.4, 0.5) is 0 Å². The van der Waals surface area contributed by atoms with Crippen molar-refractivity contribution in [1.82, 2.24) is 0 Å². The molecule has 0 saturated heterocycles. The maximum Gasteiger partial charge on any atom is 0.341 e. The van der Waals surface area contributed by atoms with Crippen molar-refractivity contribution < 1.29 is 14.3 Å². The summed E-state index contributed by atoms with van der Waals surface area (Å²) in [5, 5.41) is 0. The lowest BCUT2D eigenvalue weighted by Gasteiger charge is -2.08. The summed E-state index contributed by atoms with van der Waals surface area (Å²) in [6.07, 6.45) is 6.76. The van der Waals surface area contributed by atoms with E-state index in [1.807, 2.05) is 19.1 Å². The highest BCUT2D eigenvalue weighted by Crippen LogP contribution is 2.21. The van der Waals surface area contributed by atoms with Crippen molar-refractivity contribution in [2.24, 2.45) is 0 Å². The van der Waals surface area contributed by atoms with Crippen LogP contribution in [0.15, 0.2) is 24.5 Å². The molecule has 3 nitrogen and oxygen atoms in total. The van der Waals surface area contributed by atoms with E-state index >= 15 is 0 Å². The molecule has 0 aliphatic rings. The van der Waals surface area contributed by atoms with Gasteiger partial charge in [-0.3, -0.25) is 0 Å². The number of hydrogen-bond donors (Lipinski definition) is 0. The normalized spacial score (nSPS) is 10.6. The molecule has 3 heteroatoms. The average molecular weight is 230 g/mol. The van der Waals surface area contributed by atoms with Gasteiger partial charge >= 0.3 is 5.97 Å². The highest BCUT2D eigenvalue weighted by Gasteiger charge is 2.16. The van der Waals surface area contributed by atoms with Gasteiger partial charge < -0.3 is 9.47 Å². The molecule has 1 rings (SSSR count). The molecule has 0 unspecified atom stereocenters. The van der Waals surface area contributed by atoms with E-state index in [1.165, 1.54) is 20.5 Å². The van der Waals surface area contributed by atoms with E-state index in [9.17, 15) is 4.79 Å². The Morgan fingerprint density at radius 1 is 1.41 bits per heavy atom. The van der Waals surface area contributed by atoms with Gasteiger partial charge in [0, 0.05) is 11.1 Å². The molecule has 0 saturated carbocycles. The predicted molar refractivity (Wildman–Crippen MR) is 66.1 cm³/mol. The van der Waals surface area contributed by atoms with Crippen LogP contribution in [0.5, 0.6) is 0 Å². The van der Waals surface area contributed by atoms with Gasteiger partial charge in [0.15, 0.2) is 0 Å². The third kappa shape index (κ3) is 2.88. The fourth-order valence-electron chi connectivity index (χ4n) is 1.46. The van der Waals surface area contributed by atoms with Gasteiger partial charge in [-0.2, -0.15) is 0 Å². The van der Waals surface area contributed by atoms with Crippen molar-refractivity contribution in [2.45, 2.75) is 6.92 Å². The fraction of sp³-hybridized carbons (Fsp3) is 0.214. The highest BCUT2D eigenvalue weighted by atomic mass is 16.5. The molecule has 0 aromatic heterocycles. The average Bonchev–Trinajstić information content (AvgIpc) is 2.35. The summed E-state index contributed by atoms with van der Waals surface area (Å²) in [7, 11) is 2.78. The summed E-state index contributed by atoms with van der Waals surface area (Å²) < 4.78 is 9.57. The molecule has 1 aromatic carbocycles. The molecular formula is C14H14O3. The van der Waals surface area contributed by atoms with Crippen LogP contribution >= 0.6 is 0 Å². The number of methoxy groups -OCH3 is 2. The van der Waals surface area contributed by atoms with Crippen molar-refractivity contribution in [3.8, 4) is 12.3 Å². The largest absolute Gasteiger partial charge is 0.503 e. The summed E-state index contributed by atoms with van der Waals surface area (Å²) in [6, 6.07) is 5.50. The summed E-state index contributed by atoms with van der Waals surface area (Å²) >= 11 is 0. The number of benzene rings is 1. The Kier molecular flexibility index (Phi) is 4.36. The van der Waals surface area contributed by atoms with Crippen LogP contribution in [0.1, 0.15) is 16.7 Å². The van der Waals surface area contributed by atoms with Crippen molar-refractivity contribution in [3.05, 3.63) is 41.2 Å². The highest BCUT2D eigenvalue weighted by molar-refractivity contribution is 6.16. The summed E-state index contributed by atoms with van der Waals surface area (Å²) in [6.45, 7) is 1.93. The molecule has 17 heavy (non-hydrogen) atoms. The molecule has 0 N–H and O–H groups in total. The minimum absolute atomic E-state index is 0.308. The number of ether oxygens (including phenoxy) is 2. The maximum absolute atomic E-state index is 11.6. The number of hydrogen-bond acceptors (Lipinski definition) is 3. The minimum atomic E-state index is -0.479. The molecule has 88 valence electrons. The molecule has 0 bridgehead atoms. The zero-order valence-corrected chi connectivity index (χ0v) is 10.1. The second kappa shape index (κ2) is 5.76. The fourth-order valence-corrected chi connectivity index (χ4v) is 1.46. The number of esters is 1. The first kappa shape index (κ1) is 12.9. The van der Waals surface area contributed by atoms with E-state index in [2.05, 4.69) is 5.92 Å². The van der Waals surface area contributed by atoms with Gasteiger partial charge in [-0.25, -0.2) is 4.79 Å². The lowest BCUT2D eigenvalue weighted by molar-refractivity contribution is -0.133. The maximum atomic E-state index is 11.6. The topological polar surface area (TPSA) is 35.5 Å². The van der Waals surface area contributed by atoms with Crippen LogP contribution in [-0.4, -0.2) is 20.2 Å². The van der Waals surface area contributed by atoms with Crippen molar-refractivity contribution in [2.75, 3.05) is 14.2 Å². The molecular weight excluding hydrogens is 216 g/mol. The van der Waals surface area contributed by atoms with Crippen molar-refractivity contribution in [1.29, 1.82) is 0 Å². The van der Waals surface area contributed by atoms with Crippen molar-refractivity contribution in [3.63, 3.8) is 0 Å². The monoisotopic (exact) mass is 230 g/mol. The van der Waals surface area contributed by atoms with Crippen LogP contribution < -0.4 is 0 Å². The van der Waals surface area contributed by atoms with E-state index in [1.54, 1.807) is 6.07 Å². The van der Waals surface area contributed by atoms with Crippen LogP contribution in [0.25, 0.3) is 5.57 Å². The summed E-state index contributed by atoms with van der Waals surface area (Å²) in [5.41, 5.74) is 2.61. The Morgan fingerprint density at radius 3 is 2.65 bits per heavy atom. The molecule has 0 aliphatic heterocycles. The second-order valence-electron chi connectivity index (χ2n) is 3.45. The number of rotatable bonds is 3. The summed E-state index contributed by atoms with van der Waals surface area (Å²) in [5.74, 6) is 2.07. The zero-order valence-electron chi connectivity index (χ0n) is 10.1. The lowest BCUT2D eigenvalue weighted by atomic mass is 9.99. The van der Waals surface area contributed by atoms with Crippen LogP contribution in [0.2, 0.25) is 0 Å². The number of carbonyl (C=O) groups is 1. The molecule has 0 amide bonds. The third-order valence-corrected chi connectivity index (χ3v) is 2.26. The van der Waals surface area contributed by atoms with E-state index in [4.69, 9.17) is 15.9 Å². The quantitative estimate of drug-likeness (QED) is 0.345. The smallest absolute Gasteiger partial charge is 0.341 e. The Balaban J connectivity index is 3.35.